The molecule has 0 aliphatic carbocycles. The van der Waals surface area contributed by atoms with Crippen LogP contribution in [0.4, 0.5) is 0 Å². The van der Waals surface area contributed by atoms with Gasteiger partial charge in [-0.15, -0.1) is 0 Å². The molecule has 1 amide bonds. The zero-order valence-corrected chi connectivity index (χ0v) is 14.7. The molecule has 4 rings (SSSR count). The van der Waals surface area contributed by atoms with E-state index in [0.29, 0.717) is 30.0 Å². The van der Waals surface area contributed by atoms with Crippen LogP contribution in [0.25, 0.3) is 0 Å². The number of rotatable bonds is 4. The van der Waals surface area contributed by atoms with Gasteiger partial charge in [0.25, 0.3) is 5.91 Å². The van der Waals surface area contributed by atoms with E-state index in [4.69, 9.17) is 10.00 Å². The van der Waals surface area contributed by atoms with Crippen molar-refractivity contribution in [3.63, 3.8) is 0 Å². The summed E-state index contributed by atoms with van der Waals surface area (Å²) in [5, 5.41) is 16.2. The van der Waals surface area contributed by atoms with Crippen molar-refractivity contribution in [3.05, 3.63) is 82.7 Å². The molecular formula is C21H18N4O2. The summed E-state index contributed by atoms with van der Waals surface area (Å²) in [6, 6.07) is 16.7. The number of carbonyl (C=O) groups is 1. The minimum Gasteiger partial charge on any atom is -0.489 e. The van der Waals surface area contributed by atoms with Gasteiger partial charge in [0.05, 0.1) is 17.8 Å². The highest BCUT2D eigenvalue weighted by Crippen LogP contribution is 2.21. The smallest absolute Gasteiger partial charge is 0.254 e. The predicted molar refractivity (Wildman–Crippen MR) is 99.0 cm³/mol. The van der Waals surface area contributed by atoms with Crippen molar-refractivity contribution in [2.45, 2.75) is 19.6 Å². The minimum absolute atomic E-state index is 0.0234. The molecule has 0 bridgehead atoms. The molecule has 3 aromatic rings. The van der Waals surface area contributed by atoms with Crippen molar-refractivity contribution in [1.82, 2.24) is 15.1 Å². The van der Waals surface area contributed by atoms with Crippen LogP contribution in [0.3, 0.4) is 0 Å². The van der Waals surface area contributed by atoms with Crippen LogP contribution in [-0.4, -0.2) is 27.5 Å². The van der Waals surface area contributed by atoms with E-state index in [2.05, 4.69) is 16.3 Å². The van der Waals surface area contributed by atoms with Gasteiger partial charge < -0.3 is 9.64 Å². The number of carbonyl (C=O) groups excluding carboxylic acids is 1. The van der Waals surface area contributed by atoms with E-state index in [0.717, 1.165) is 23.2 Å². The fourth-order valence-corrected chi connectivity index (χ4v) is 3.21. The number of aromatic nitrogens is 2. The Labute approximate surface area is 157 Å². The number of nitrogens with one attached hydrogen (secondary N) is 1. The Morgan fingerprint density at radius 2 is 2.15 bits per heavy atom. The predicted octanol–water partition coefficient (Wildman–Crippen LogP) is 3.06. The van der Waals surface area contributed by atoms with Crippen LogP contribution < -0.4 is 4.74 Å². The topological polar surface area (TPSA) is 82.0 Å². The summed E-state index contributed by atoms with van der Waals surface area (Å²) in [6.45, 7) is 1.50. The van der Waals surface area contributed by atoms with Gasteiger partial charge in [0.2, 0.25) is 0 Å². The first-order valence-electron chi connectivity index (χ1n) is 8.76. The van der Waals surface area contributed by atoms with E-state index in [-0.39, 0.29) is 12.5 Å². The Morgan fingerprint density at radius 1 is 1.26 bits per heavy atom. The van der Waals surface area contributed by atoms with Gasteiger partial charge in [-0.2, -0.15) is 10.4 Å². The normalized spacial score (nSPS) is 12.9. The molecule has 2 heterocycles. The first kappa shape index (κ1) is 16.9. The van der Waals surface area contributed by atoms with Gasteiger partial charge in [0.15, 0.2) is 0 Å². The van der Waals surface area contributed by atoms with Crippen LogP contribution in [0, 0.1) is 11.3 Å². The van der Waals surface area contributed by atoms with Gasteiger partial charge in [0, 0.05) is 41.9 Å². The fourth-order valence-electron chi connectivity index (χ4n) is 3.21. The monoisotopic (exact) mass is 358 g/mol. The summed E-state index contributed by atoms with van der Waals surface area (Å²) in [4.78, 5) is 14.7. The molecule has 0 unspecified atom stereocenters. The standard InChI is InChI=1S/C21H18N4O2/c22-11-16-4-1-2-5-17(16)14-27-19-7-3-6-15(10-19)21(26)25-9-8-20-18(13-25)12-23-24-20/h1-7,10,12H,8-9,13-14H2,(H,23,24). The fraction of sp³-hybridized carbons (Fsp3) is 0.190. The average Bonchev–Trinajstić information content (AvgIpc) is 3.20. The molecule has 27 heavy (non-hydrogen) atoms. The van der Waals surface area contributed by atoms with Gasteiger partial charge in [0.1, 0.15) is 12.4 Å². The summed E-state index contributed by atoms with van der Waals surface area (Å²) in [5.74, 6) is 0.583. The molecule has 2 aromatic carbocycles. The number of ether oxygens (including phenoxy) is 1. The van der Waals surface area contributed by atoms with Gasteiger partial charge >= 0.3 is 0 Å². The van der Waals surface area contributed by atoms with E-state index in [1.807, 2.05) is 35.2 Å². The lowest BCUT2D eigenvalue weighted by Gasteiger charge is -2.26. The third kappa shape index (κ3) is 3.53. The highest BCUT2D eigenvalue weighted by atomic mass is 16.5. The molecular weight excluding hydrogens is 340 g/mol. The Hall–Kier alpha value is -3.59. The molecule has 0 saturated heterocycles. The number of H-pyrrole nitrogens is 1. The van der Waals surface area contributed by atoms with Crippen molar-refractivity contribution in [2.24, 2.45) is 0 Å². The summed E-state index contributed by atoms with van der Waals surface area (Å²) in [5.41, 5.74) is 4.17. The number of nitrogens with zero attached hydrogens (tertiary/aromatic N) is 3. The number of hydrogen-bond donors (Lipinski definition) is 1. The van der Waals surface area contributed by atoms with Crippen LogP contribution in [0.1, 0.15) is 32.7 Å². The summed E-state index contributed by atoms with van der Waals surface area (Å²) in [6.07, 6.45) is 2.56. The maximum absolute atomic E-state index is 12.9. The first-order valence-corrected chi connectivity index (χ1v) is 8.76. The van der Waals surface area contributed by atoms with E-state index >= 15 is 0 Å². The highest BCUT2D eigenvalue weighted by molar-refractivity contribution is 5.94. The molecule has 1 N–H and O–H groups in total. The number of hydrogen-bond acceptors (Lipinski definition) is 4. The second-order valence-corrected chi connectivity index (χ2v) is 6.44. The molecule has 0 atom stereocenters. The molecule has 6 heteroatoms. The third-order valence-corrected chi connectivity index (χ3v) is 4.70. The van der Waals surface area contributed by atoms with Gasteiger partial charge in [-0.3, -0.25) is 9.89 Å². The largest absolute Gasteiger partial charge is 0.489 e. The van der Waals surface area contributed by atoms with Crippen molar-refractivity contribution < 1.29 is 9.53 Å². The van der Waals surface area contributed by atoms with Crippen molar-refractivity contribution in [1.29, 1.82) is 5.26 Å². The average molecular weight is 358 g/mol. The van der Waals surface area contributed by atoms with Crippen LogP contribution in [0.5, 0.6) is 5.75 Å². The van der Waals surface area contributed by atoms with Crippen LogP contribution in [-0.2, 0) is 19.6 Å². The second kappa shape index (κ2) is 7.34. The molecule has 0 saturated carbocycles. The Morgan fingerprint density at radius 3 is 3.04 bits per heavy atom. The Kier molecular flexibility index (Phi) is 4.58. The zero-order valence-electron chi connectivity index (χ0n) is 14.7. The number of benzene rings is 2. The number of nitriles is 1. The van der Waals surface area contributed by atoms with Crippen molar-refractivity contribution in [3.8, 4) is 11.8 Å². The van der Waals surface area contributed by atoms with E-state index in [9.17, 15) is 4.79 Å². The van der Waals surface area contributed by atoms with Crippen molar-refractivity contribution in [2.75, 3.05) is 6.54 Å². The molecule has 1 aromatic heterocycles. The third-order valence-electron chi connectivity index (χ3n) is 4.70. The van der Waals surface area contributed by atoms with Crippen LogP contribution in [0.2, 0.25) is 0 Å². The molecule has 6 nitrogen and oxygen atoms in total. The summed E-state index contributed by atoms with van der Waals surface area (Å²) in [7, 11) is 0. The quantitative estimate of drug-likeness (QED) is 0.777. The number of fused-ring (bicyclic) bond motifs is 1. The molecule has 0 radical (unpaired) electrons. The zero-order chi connectivity index (χ0) is 18.6. The molecule has 1 aliphatic heterocycles. The SMILES string of the molecule is N#Cc1ccccc1COc1cccc(C(=O)N2CCc3[nH]ncc3C2)c1. The van der Waals surface area contributed by atoms with Crippen molar-refractivity contribution >= 4 is 5.91 Å². The summed E-state index contributed by atoms with van der Waals surface area (Å²) < 4.78 is 5.82. The Balaban J connectivity index is 1.46. The van der Waals surface area contributed by atoms with E-state index < -0.39 is 0 Å². The van der Waals surface area contributed by atoms with Crippen LogP contribution in [0.15, 0.2) is 54.7 Å². The minimum atomic E-state index is -0.0234. The second-order valence-electron chi connectivity index (χ2n) is 6.44. The van der Waals surface area contributed by atoms with E-state index in [1.165, 1.54) is 0 Å². The maximum atomic E-state index is 12.9. The maximum Gasteiger partial charge on any atom is 0.254 e. The lowest BCUT2D eigenvalue weighted by atomic mass is 10.1. The molecule has 1 aliphatic rings. The Bertz CT molecular complexity index is 1020. The molecule has 0 fully saturated rings. The first-order chi connectivity index (χ1) is 13.2. The van der Waals surface area contributed by atoms with Gasteiger partial charge in [-0.05, 0) is 24.3 Å². The highest BCUT2D eigenvalue weighted by Gasteiger charge is 2.23. The molecule has 0 spiro atoms. The molecule has 134 valence electrons. The van der Waals surface area contributed by atoms with Gasteiger partial charge in [-0.25, -0.2) is 0 Å². The van der Waals surface area contributed by atoms with Crippen LogP contribution >= 0.6 is 0 Å². The van der Waals surface area contributed by atoms with E-state index in [1.54, 1.807) is 24.4 Å². The lowest BCUT2D eigenvalue weighted by Crippen LogP contribution is -2.35. The van der Waals surface area contributed by atoms with Gasteiger partial charge in [-0.1, -0.05) is 24.3 Å². The lowest BCUT2D eigenvalue weighted by molar-refractivity contribution is 0.0734. The number of amides is 1. The summed E-state index contributed by atoms with van der Waals surface area (Å²) >= 11 is 0. The number of aromatic amines is 1.